The summed E-state index contributed by atoms with van der Waals surface area (Å²) >= 11 is 0. The van der Waals surface area contributed by atoms with Gasteiger partial charge in [-0.1, -0.05) is 367 Å². The number of benzene rings is 18. The van der Waals surface area contributed by atoms with Gasteiger partial charge in [0.15, 0.2) is 0 Å². The van der Waals surface area contributed by atoms with Crippen molar-refractivity contribution in [3.8, 4) is 100 Å². The molecule has 0 bridgehead atoms. The van der Waals surface area contributed by atoms with Crippen LogP contribution in [0, 0.1) is 0 Å². The quantitative estimate of drug-likeness (QED) is 0.120. The van der Waals surface area contributed by atoms with Gasteiger partial charge in [-0.2, -0.15) is 0 Å². The van der Waals surface area contributed by atoms with Crippen LogP contribution in [0.15, 0.2) is 376 Å². The highest BCUT2D eigenvalue weighted by atomic mass is 16.3. The summed E-state index contributed by atoms with van der Waals surface area (Å²) in [6.45, 7) is 42.2. The molecule has 0 aliphatic carbocycles. The minimum absolute atomic E-state index is 0.198. The van der Waals surface area contributed by atoms with E-state index < -0.39 is 12.1 Å². The normalized spacial score (nSPS) is 13.2. The zero-order valence-corrected chi connectivity index (χ0v) is 82.7. The molecule has 0 N–H and O–H groups in total. The smallest absolute Gasteiger partial charge is 0.252 e. The van der Waals surface area contributed by atoms with Crippen molar-refractivity contribution in [2.75, 3.05) is 9.80 Å². The summed E-state index contributed by atoms with van der Waals surface area (Å²) in [4.78, 5) is 5.55. The van der Waals surface area contributed by atoms with Gasteiger partial charge in [-0.25, -0.2) is 0 Å². The molecule has 0 atom stereocenters. The molecule has 6 nitrogen and oxygen atoms in total. The van der Waals surface area contributed by atoms with Gasteiger partial charge >= 0.3 is 0 Å². The molecule has 6 heterocycles. The maximum Gasteiger partial charge on any atom is 0.252 e. The van der Waals surface area contributed by atoms with Crippen molar-refractivity contribution in [2.45, 2.75) is 157 Å². The summed E-state index contributed by atoms with van der Waals surface area (Å²) in [6.07, 6.45) is 0. The molecule has 22 aromatic rings. The topological polar surface area (TPSA) is 59.0 Å². The van der Waals surface area contributed by atoms with Crippen LogP contribution in [0.4, 0.5) is 34.1 Å². The number of rotatable bonds is 11. The van der Waals surface area contributed by atoms with E-state index in [-0.39, 0.29) is 27.1 Å². The lowest BCUT2D eigenvalue weighted by Gasteiger charge is -2.46. The van der Waals surface area contributed by atoms with Crippen molar-refractivity contribution in [1.29, 1.82) is 0 Å². The Labute approximate surface area is 815 Å². The molecule has 0 radical (unpaired) electrons. The number of fused-ring (bicyclic) bond motifs is 16. The third kappa shape index (κ3) is 14.6. The number of hydrogen-bond acceptors (Lipinski definition) is 6. The van der Waals surface area contributed by atoms with E-state index in [4.69, 9.17) is 17.7 Å². The second-order valence-corrected chi connectivity index (χ2v) is 45.2. The number of furan rings is 4. The molecule has 2 aliphatic rings. The lowest BCUT2D eigenvalue weighted by molar-refractivity contribution is 0.568. The first-order valence-electron chi connectivity index (χ1n) is 49.3. The molecule has 678 valence electrons. The molecule has 18 aromatic carbocycles. The summed E-state index contributed by atoms with van der Waals surface area (Å²) in [5.74, 6) is 0. The summed E-state index contributed by atoms with van der Waals surface area (Å²) in [6, 6.07) is 136. The highest BCUT2D eigenvalue weighted by molar-refractivity contribution is 7.00. The average Bonchev–Trinajstić information content (AvgIpc) is 1.28. The first-order valence-corrected chi connectivity index (χ1v) is 49.3. The molecule has 0 saturated heterocycles. The maximum absolute atomic E-state index is 7.17. The summed E-state index contributed by atoms with van der Waals surface area (Å²) in [5, 5.41) is 8.36. The second-order valence-electron chi connectivity index (χ2n) is 45.2. The predicted octanol–water partition coefficient (Wildman–Crippen LogP) is 36.2. The molecular formula is C132H113BN2O4. The van der Waals surface area contributed by atoms with Crippen molar-refractivity contribution in [3.63, 3.8) is 0 Å². The Balaban J connectivity index is 0.942. The van der Waals surface area contributed by atoms with E-state index in [2.05, 4.69) is 492 Å². The average molecular weight is 1800 g/mol. The third-order valence-corrected chi connectivity index (χ3v) is 29.7. The van der Waals surface area contributed by atoms with Crippen LogP contribution in [0.2, 0.25) is 0 Å². The fraction of sp³-hybridized carbons (Fsp3) is 0.182. The summed E-state index contributed by atoms with van der Waals surface area (Å²) < 4.78 is 28.6. The van der Waals surface area contributed by atoms with Crippen molar-refractivity contribution in [1.82, 2.24) is 0 Å². The minimum atomic E-state index is -0.458. The summed E-state index contributed by atoms with van der Waals surface area (Å²) in [7, 11) is 0. The molecule has 0 spiro atoms. The van der Waals surface area contributed by atoms with Crippen LogP contribution in [0.1, 0.15) is 158 Å². The molecule has 0 unspecified atom stereocenters. The standard InChI is InChI=1S/C132H113BN2O4/c1-127(2,3)88-64-85(65-89(72-88)128(4,5)6)81-57-59-106-109(69-81)135(126-104(96-47-35-55-118-122(96)100-43-27-31-51-114(100)138-118)76-93(132(16,17)18)77-105(126)97-48-36-56-119-123(97)101-44-28-32-52-115(101)139-119)111-71-87(86-66-90(129(7,8)9)73-91(67-86)130(10,11)12)70-110-124(111)133(106)107-68-80(84-62-82(78-37-21-19-22-38-78)61-83(63-84)79-39-23-20-24-40-79)58-60-108(107)134(110)125-102(94-45-33-53-116-120(94)98-41-25-29-49-112(98)136-116)74-92(131(13,14)15)75-103(125)95-46-34-54-117-121(95)99-42-26-30-50-113(99)137-117/h19-77H,1-18H3. The highest BCUT2D eigenvalue weighted by Crippen LogP contribution is 2.60. The Bertz CT molecular complexity index is 8440. The third-order valence-electron chi connectivity index (χ3n) is 29.7. The van der Waals surface area contributed by atoms with E-state index >= 15 is 0 Å². The monoisotopic (exact) mass is 1800 g/mol. The van der Waals surface area contributed by atoms with Crippen molar-refractivity contribution >= 4 is 145 Å². The largest absolute Gasteiger partial charge is 0.456 e. The Morgan fingerprint density at radius 3 is 0.791 bits per heavy atom. The zero-order chi connectivity index (χ0) is 95.6. The van der Waals surface area contributed by atoms with Crippen LogP contribution in [0.3, 0.4) is 0 Å². The van der Waals surface area contributed by atoms with Crippen LogP contribution in [0.5, 0.6) is 0 Å². The Morgan fingerprint density at radius 2 is 0.446 bits per heavy atom. The number of nitrogens with zero attached hydrogens (tertiary/aromatic N) is 2. The Kier molecular flexibility index (Phi) is 19.8. The molecule has 0 fully saturated rings. The van der Waals surface area contributed by atoms with Crippen molar-refractivity contribution < 1.29 is 17.7 Å². The molecule has 139 heavy (non-hydrogen) atoms. The SMILES string of the molecule is CC(C)(C)c1cc(-c2ccc3c(c2)N(c2c(-c4cccc5oc6ccccc6c45)cc(C(C)(C)C)cc2-c2cccc4oc5ccccc5c24)c2cc(-c4cc(C(C)(C)C)cc(C(C)(C)C)c4)cc4c2B3c2cc(-c3cc(-c5ccccc5)cc(-c5ccccc5)c3)ccc2N4c2c(-c3cccc4oc5ccccc5c34)cc(C(C)(C)C)cc2-c2cccc3oc4ccccc4c23)cc(C(C)(C)C)c1. The first kappa shape index (κ1) is 86.7. The van der Waals surface area contributed by atoms with Gasteiger partial charge in [-0.05, 0) is 275 Å². The lowest BCUT2D eigenvalue weighted by atomic mass is 9.33. The number of para-hydroxylation sites is 4. The molecule has 0 saturated carbocycles. The molecule has 4 aromatic heterocycles. The highest BCUT2D eigenvalue weighted by Gasteiger charge is 2.48. The predicted molar refractivity (Wildman–Crippen MR) is 591 cm³/mol. The Hall–Kier alpha value is -15.2. The van der Waals surface area contributed by atoms with E-state index in [0.717, 1.165) is 238 Å². The molecule has 24 rings (SSSR count). The van der Waals surface area contributed by atoms with Gasteiger partial charge in [0.05, 0.1) is 11.4 Å². The van der Waals surface area contributed by atoms with Gasteiger partial charge in [0.2, 0.25) is 0 Å². The van der Waals surface area contributed by atoms with Crippen LogP contribution in [0.25, 0.3) is 188 Å². The van der Waals surface area contributed by atoms with Crippen LogP contribution < -0.4 is 26.2 Å². The van der Waals surface area contributed by atoms with Crippen molar-refractivity contribution in [3.05, 3.63) is 391 Å². The Morgan fingerprint density at radius 1 is 0.180 bits per heavy atom. The van der Waals surface area contributed by atoms with E-state index in [1.54, 1.807) is 0 Å². The minimum Gasteiger partial charge on any atom is -0.456 e. The fourth-order valence-corrected chi connectivity index (χ4v) is 22.1. The van der Waals surface area contributed by atoms with E-state index in [0.29, 0.717) is 0 Å². The molecule has 2 aliphatic heterocycles. The molecule has 7 heteroatoms. The van der Waals surface area contributed by atoms with Gasteiger partial charge in [0.25, 0.3) is 6.71 Å². The molecule has 0 amide bonds. The fourth-order valence-electron chi connectivity index (χ4n) is 22.1. The number of hydrogen-bond donors (Lipinski definition) is 0. The lowest BCUT2D eigenvalue weighted by Crippen LogP contribution is -2.61. The maximum atomic E-state index is 7.17. The van der Waals surface area contributed by atoms with Gasteiger partial charge in [0, 0.05) is 88.1 Å². The van der Waals surface area contributed by atoms with Gasteiger partial charge in [-0.15, -0.1) is 0 Å². The van der Waals surface area contributed by atoms with E-state index in [1.807, 2.05) is 0 Å². The first-order chi connectivity index (χ1) is 66.7. The summed E-state index contributed by atoms with van der Waals surface area (Å²) in [5.41, 5.74) is 41.6. The van der Waals surface area contributed by atoms with E-state index in [9.17, 15) is 0 Å². The van der Waals surface area contributed by atoms with Crippen LogP contribution in [-0.2, 0) is 32.5 Å². The van der Waals surface area contributed by atoms with Gasteiger partial charge in [-0.3, -0.25) is 0 Å². The van der Waals surface area contributed by atoms with E-state index in [1.165, 1.54) is 33.4 Å². The number of anilines is 6. The van der Waals surface area contributed by atoms with Gasteiger partial charge in [0.1, 0.15) is 44.7 Å². The second kappa shape index (κ2) is 31.7. The van der Waals surface area contributed by atoms with Crippen LogP contribution in [-0.4, -0.2) is 6.71 Å². The zero-order valence-electron chi connectivity index (χ0n) is 82.7. The van der Waals surface area contributed by atoms with Crippen molar-refractivity contribution in [2.24, 2.45) is 0 Å². The van der Waals surface area contributed by atoms with Crippen LogP contribution >= 0.6 is 0 Å². The molecular weight excluding hydrogens is 1690 g/mol. The van der Waals surface area contributed by atoms with Gasteiger partial charge < -0.3 is 27.5 Å².